The van der Waals surface area contributed by atoms with Gasteiger partial charge in [0.15, 0.2) is 0 Å². The first-order chi connectivity index (χ1) is 11.1. The van der Waals surface area contributed by atoms with Crippen LogP contribution in [-0.4, -0.2) is 44.4 Å². The van der Waals surface area contributed by atoms with Gasteiger partial charge in [0.05, 0.1) is 24.0 Å². The van der Waals surface area contributed by atoms with Crippen LogP contribution in [0, 0.1) is 0 Å². The standard InChI is InChI=1S/C18H22N2O3/c1-20(14-8-4-3-5-9-14)17-11-7-6-10-16(17)18(22)19-12-15(21)13-23-2/h3-11,15,21H,12-13H2,1-2H3,(H,19,22). The van der Waals surface area contributed by atoms with Crippen molar-refractivity contribution >= 4 is 17.3 Å². The molecule has 1 amide bonds. The Bertz CT molecular complexity index is 631. The number of benzene rings is 2. The Labute approximate surface area is 136 Å². The topological polar surface area (TPSA) is 61.8 Å². The molecule has 1 unspecified atom stereocenters. The zero-order valence-corrected chi connectivity index (χ0v) is 13.4. The Morgan fingerprint density at radius 3 is 2.52 bits per heavy atom. The van der Waals surface area contributed by atoms with Crippen molar-refractivity contribution < 1.29 is 14.6 Å². The van der Waals surface area contributed by atoms with Crippen LogP contribution < -0.4 is 10.2 Å². The minimum atomic E-state index is -0.719. The summed E-state index contributed by atoms with van der Waals surface area (Å²) in [6, 6.07) is 17.2. The Morgan fingerprint density at radius 1 is 1.17 bits per heavy atom. The van der Waals surface area contributed by atoms with Gasteiger partial charge in [-0.25, -0.2) is 0 Å². The van der Waals surface area contributed by atoms with Gasteiger partial charge in [-0.05, 0) is 24.3 Å². The lowest BCUT2D eigenvalue weighted by atomic mass is 10.1. The van der Waals surface area contributed by atoms with E-state index in [1.54, 1.807) is 6.07 Å². The summed E-state index contributed by atoms with van der Waals surface area (Å²) in [6.07, 6.45) is -0.719. The van der Waals surface area contributed by atoms with E-state index in [1.165, 1.54) is 7.11 Å². The number of para-hydroxylation sites is 2. The maximum atomic E-state index is 12.4. The van der Waals surface area contributed by atoms with Crippen molar-refractivity contribution in [2.45, 2.75) is 6.10 Å². The van der Waals surface area contributed by atoms with E-state index < -0.39 is 6.10 Å². The second-order valence-corrected chi connectivity index (χ2v) is 5.23. The van der Waals surface area contributed by atoms with Gasteiger partial charge in [0, 0.05) is 26.4 Å². The highest BCUT2D eigenvalue weighted by atomic mass is 16.5. The van der Waals surface area contributed by atoms with Crippen molar-refractivity contribution in [1.82, 2.24) is 5.32 Å². The molecule has 0 aliphatic carbocycles. The summed E-state index contributed by atoms with van der Waals surface area (Å²) in [7, 11) is 3.43. The lowest BCUT2D eigenvalue weighted by Crippen LogP contribution is -2.35. The number of carbonyl (C=O) groups is 1. The number of aliphatic hydroxyl groups is 1. The van der Waals surface area contributed by atoms with E-state index in [1.807, 2.05) is 60.5 Å². The molecule has 122 valence electrons. The molecule has 2 N–H and O–H groups in total. The van der Waals surface area contributed by atoms with E-state index in [4.69, 9.17) is 4.74 Å². The molecule has 1 atom stereocenters. The number of nitrogens with zero attached hydrogens (tertiary/aromatic N) is 1. The van der Waals surface area contributed by atoms with Crippen molar-refractivity contribution in [2.24, 2.45) is 0 Å². The van der Waals surface area contributed by atoms with Crippen LogP contribution in [-0.2, 0) is 4.74 Å². The zero-order valence-electron chi connectivity index (χ0n) is 13.4. The number of hydrogen-bond donors (Lipinski definition) is 2. The van der Waals surface area contributed by atoms with E-state index in [0.29, 0.717) is 5.56 Å². The normalized spacial score (nSPS) is 11.8. The molecule has 23 heavy (non-hydrogen) atoms. The van der Waals surface area contributed by atoms with Crippen LogP contribution >= 0.6 is 0 Å². The molecule has 2 rings (SSSR count). The summed E-state index contributed by atoms with van der Waals surface area (Å²) in [5, 5.41) is 12.4. The highest BCUT2D eigenvalue weighted by molar-refractivity contribution is 6.00. The number of hydrogen-bond acceptors (Lipinski definition) is 4. The minimum Gasteiger partial charge on any atom is -0.389 e. The van der Waals surface area contributed by atoms with Crippen LogP contribution in [0.2, 0.25) is 0 Å². The third-order valence-electron chi connectivity index (χ3n) is 3.51. The number of aliphatic hydroxyl groups excluding tert-OH is 1. The summed E-state index contributed by atoms with van der Waals surface area (Å²) in [6.45, 7) is 0.335. The third-order valence-corrected chi connectivity index (χ3v) is 3.51. The highest BCUT2D eigenvalue weighted by Gasteiger charge is 2.15. The van der Waals surface area contributed by atoms with Gasteiger partial charge in [-0.15, -0.1) is 0 Å². The van der Waals surface area contributed by atoms with E-state index in [2.05, 4.69) is 5.32 Å². The first-order valence-corrected chi connectivity index (χ1v) is 7.46. The van der Waals surface area contributed by atoms with Gasteiger partial charge < -0.3 is 20.1 Å². The number of methoxy groups -OCH3 is 1. The van der Waals surface area contributed by atoms with Crippen LogP contribution in [0.4, 0.5) is 11.4 Å². The predicted molar refractivity (Wildman–Crippen MR) is 91.2 cm³/mol. The first kappa shape index (κ1) is 17.0. The van der Waals surface area contributed by atoms with E-state index in [0.717, 1.165) is 11.4 Å². The molecule has 0 bridgehead atoms. The average Bonchev–Trinajstić information content (AvgIpc) is 2.60. The minimum absolute atomic E-state index is 0.149. The Morgan fingerprint density at radius 2 is 1.83 bits per heavy atom. The molecule has 0 aliphatic rings. The quantitative estimate of drug-likeness (QED) is 0.822. The summed E-state index contributed by atoms with van der Waals surface area (Å²) in [5.74, 6) is -0.224. The molecule has 0 radical (unpaired) electrons. The van der Waals surface area contributed by atoms with E-state index in [-0.39, 0.29) is 19.1 Å². The third kappa shape index (κ3) is 4.55. The second kappa shape index (κ2) is 8.31. The van der Waals surface area contributed by atoms with Crippen LogP contribution in [0.25, 0.3) is 0 Å². The average molecular weight is 314 g/mol. The molecule has 5 heteroatoms. The summed E-state index contributed by atoms with van der Waals surface area (Å²) >= 11 is 0. The fourth-order valence-electron chi connectivity index (χ4n) is 2.31. The lowest BCUT2D eigenvalue weighted by Gasteiger charge is -2.22. The molecule has 0 spiro atoms. The lowest BCUT2D eigenvalue weighted by molar-refractivity contribution is 0.0610. The van der Waals surface area contributed by atoms with Crippen molar-refractivity contribution in [3.63, 3.8) is 0 Å². The second-order valence-electron chi connectivity index (χ2n) is 5.23. The van der Waals surface area contributed by atoms with Gasteiger partial charge in [0.2, 0.25) is 0 Å². The van der Waals surface area contributed by atoms with Crippen LogP contribution in [0.15, 0.2) is 54.6 Å². The van der Waals surface area contributed by atoms with Gasteiger partial charge >= 0.3 is 0 Å². The maximum Gasteiger partial charge on any atom is 0.253 e. The van der Waals surface area contributed by atoms with Gasteiger partial charge in [0.1, 0.15) is 0 Å². The number of anilines is 2. The SMILES string of the molecule is COCC(O)CNC(=O)c1ccccc1N(C)c1ccccc1. The van der Waals surface area contributed by atoms with Crippen molar-refractivity contribution in [3.8, 4) is 0 Å². The van der Waals surface area contributed by atoms with Crippen molar-refractivity contribution in [3.05, 3.63) is 60.2 Å². The van der Waals surface area contributed by atoms with Crippen LogP contribution in [0.5, 0.6) is 0 Å². The molecule has 0 aromatic heterocycles. The molecule has 0 saturated heterocycles. The van der Waals surface area contributed by atoms with Gasteiger partial charge in [0.25, 0.3) is 5.91 Å². The zero-order chi connectivity index (χ0) is 16.7. The van der Waals surface area contributed by atoms with Crippen molar-refractivity contribution in [2.75, 3.05) is 32.2 Å². The molecule has 2 aromatic rings. The van der Waals surface area contributed by atoms with Crippen molar-refractivity contribution in [1.29, 1.82) is 0 Å². The predicted octanol–water partition coefficient (Wildman–Crippen LogP) is 2.19. The molecule has 0 saturated carbocycles. The maximum absolute atomic E-state index is 12.4. The van der Waals surface area contributed by atoms with Gasteiger partial charge in [-0.2, -0.15) is 0 Å². The van der Waals surface area contributed by atoms with Crippen LogP contribution in [0.1, 0.15) is 10.4 Å². The summed E-state index contributed by atoms with van der Waals surface area (Å²) in [5.41, 5.74) is 2.35. The fraction of sp³-hybridized carbons (Fsp3) is 0.278. The smallest absolute Gasteiger partial charge is 0.253 e. The van der Waals surface area contributed by atoms with Crippen LogP contribution in [0.3, 0.4) is 0 Å². The largest absolute Gasteiger partial charge is 0.389 e. The van der Waals surface area contributed by atoms with E-state index in [9.17, 15) is 9.90 Å². The first-order valence-electron chi connectivity index (χ1n) is 7.46. The Balaban J connectivity index is 2.15. The molecule has 5 nitrogen and oxygen atoms in total. The molecule has 2 aromatic carbocycles. The summed E-state index contributed by atoms with van der Waals surface area (Å²) in [4.78, 5) is 14.4. The molecule has 0 aliphatic heterocycles. The number of carbonyl (C=O) groups excluding carboxylic acids is 1. The monoisotopic (exact) mass is 314 g/mol. The van der Waals surface area contributed by atoms with Gasteiger partial charge in [-0.3, -0.25) is 4.79 Å². The van der Waals surface area contributed by atoms with Gasteiger partial charge in [-0.1, -0.05) is 30.3 Å². The molecular weight excluding hydrogens is 292 g/mol. The molecular formula is C18H22N2O3. The van der Waals surface area contributed by atoms with E-state index >= 15 is 0 Å². The number of ether oxygens (including phenoxy) is 1. The number of amides is 1. The Kier molecular flexibility index (Phi) is 6.14. The summed E-state index contributed by atoms with van der Waals surface area (Å²) < 4.78 is 4.85. The number of rotatable bonds is 7. The Hall–Kier alpha value is -2.37. The highest BCUT2D eigenvalue weighted by Crippen LogP contribution is 2.26. The number of nitrogens with one attached hydrogen (secondary N) is 1. The fourth-order valence-corrected chi connectivity index (χ4v) is 2.31. The molecule has 0 fully saturated rings. The molecule has 0 heterocycles.